The quantitative estimate of drug-likeness (QED) is 0.343. The Kier molecular flexibility index (Phi) is 22.6. The number of hydrogen-bond donors (Lipinski definition) is 1. The molecule has 0 radical (unpaired) electrons. The summed E-state index contributed by atoms with van der Waals surface area (Å²) in [6, 6.07) is 0. The molecule has 0 rings (SSSR count). The van der Waals surface area contributed by atoms with Crippen LogP contribution in [-0.2, 0) is 4.79 Å². The standard InChI is InChI=1S/C16H33NO.ClH/c1-2-3-4-5-6-7-8-9-10-11-12-13-14-17-15-16-18;/h16-17H,2-15H2,1H3;1H. The lowest BCUT2D eigenvalue weighted by Crippen LogP contribution is -2.17. The van der Waals surface area contributed by atoms with Gasteiger partial charge in [0.1, 0.15) is 6.29 Å². The van der Waals surface area contributed by atoms with Gasteiger partial charge in [-0.25, -0.2) is 0 Å². The van der Waals surface area contributed by atoms with Gasteiger partial charge in [0.05, 0.1) is 6.54 Å². The summed E-state index contributed by atoms with van der Waals surface area (Å²) in [4.78, 5) is 10.1. The van der Waals surface area contributed by atoms with Crippen molar-refractivity contribution < 1.29 is 4.79 Å². The molecule has 0 saturated heterocycles. The monoisotopic (exact) mass is 291 g/mol. The van der Waals surface area contributed by atoms with Gasteiger partial charge in [-0.3, -0.25) is 0 Å². The minimum Gasteiger partial charge on any atom is -0.310 e. The fourth-order valence-corrected chi connectivity index (χ4v) is 2.25. The Labute approximate surface area is 126 Å². The molecular weight excluding hydrogens is 258 g/mol. The fraction of sp³-hybridized carbons (Fsp3) is 0.938. The highest BCUT2D eigenvalue weighted by molar-refractivity contribution is 5.85. The molecule has 3 heteroatoms. The van der Waals surface area contributed by atoms with Gasteiger partial charge in [0.2, 0.25) is 0 Å². The van der Waals surface area contributed by atoms with Crippen LogP contribution in [0.15, 0.2) is 0 Å². The van der Waals surface area contributed by atoms with Gasteiger partial charge in [0.25, 0.3) is 0 Å². The van der Waals surface area contributed by atoms with Crippen molar-refractivity contribution in [3.63, 3.8) is 0 Å². The molecule has 0 bridgehead atoms. The summed E-state index contributed by atoms with van der Waals surface area (Å²) >= 11 is 0. The highest BCUT2D eigenvalue weighted by Gasteiger charge is 1.93. The summed E-state index contributed by atoms with van der Waals surface area (Å²) in [5.74, 6) is 0. The number of hydrogen-bond acceptors (Lipinski definition) is 2. The maximum atomic E-state index is 10.1. The number of carbonyl (C=O) groups is 1. The first-order chi connectivity index (χ1) is 8.91. The molecule has 0 aliphatic carbocycles. The smallest absolute Gasteiger partial charge is 0.133 e. The molecule has 1 N–H and O–H groups in total. The summed E-state index contributed by atoms with van der Waals surface area (Å²) in [6.07, 6.45) is 17.6. The van der Waals surface area contributed by atoms with Gasteiger partial charge in [-0.2, -0.15) is 0 Å². The average Bonchev–Trinajstić information content (AvgIpc) is 2.39. The van der Waals surface area contributed by atoms with Crippen LogP contribution in [0.25, 0.3) is 0 Å². The molecule has 0 amide bonds. The number of nitrogens with one attached hydrogen (secondary N) is 1. The Balaban J connectivity index is 0. The van der Waals surface area contributed by atoms with E-state index < -0.39 is 0 Å². The molecule has 0 unspecified atom stereocenters. The van der Waals surface area contributed by atoms with E-state index in [0.29, 0.717) is 6.54 Å². The Morgan fingerprint density at radius 3 is 1.58 bits per heavy atom. The Morgan fingerprint density at radius 1 is 0.737 bits per heavy atom. The van der Waals surface area contributed by atoms with E-state index in [9.17, 15) is 4.79 Å². The van der Waals surface area contributed by atoms with Crippen LogP contribution in [0.1, 0.15) is 84.0 Å². The Morgan fingerprint density at radius 2 is 1.16 bits per heavy atom. The third-order valence-electron chi connectivity index (χ3n) is 3.43. The van der Waals surface area contributed by atoms with Gasteiger partial charge >= 0.3 is 0 Å². The molecule has 0 aliphatic rings. The Bertz CT molecular complexity index is 165. The number of carbonyl (C=O) groups excluding carboxylic acids is 1. The Hall–Kier alpha value is -0.0800. The van der Waals surface area contributed by atoms with Gasteiger partial charge in [-0.1, -0.05) is 77.6 Å². The summed E-state index contributed by atoms with van der Waals surface area (Å²) in [7, 11) is 0. The number of rotatable bonds is 15. The second-order valence-electron chi connectivity index (χ2n) is 5.26. The first-order valence-electron chi connectivity index (χ1n) is 8.06. The van der Waals surface area contributed by atoms with Crippen molar-refractivity contribution >= 4 is 18.7 Å². The zero-order chi connectivity index (χ0) is 13.3. The van der Waals surface area contributed by atoms with Crippen LogP contribution in [0.5, 0.6) is 0 Å². The van der Waals surface area contributed by atoms with Crippen LogP contribution in [0.4, 0.5) is 0 Å². The van der Waals surface area contributed by atoms with Gasteiger partial charge < -0.3 is 10.1 Å². The lowest BCUT2D eigenvalue weighted by Gasteiger charge is -2.03. The molecule has 0 saturated carbocycles. The van der Waals surface area contributed by atoms with Crippen molar-refractivity contribution in [2.45, 2.75) is 84.0 Å². The maximum Gasteiger partial charge on any atom is 0.133 e. The van der Waals surface area contributed by atoms with E-state index in [-0.39, 0.29) is 12.4 Å². The summed E-state index contributed by atoms with van der Waals surface area (Å²) in [5, 5.41) is 3.10. The van der Waals surface area contributed by atoms with Crippen LogP contribution < -0.4 is 5.32 Å². The van der Waals surface area contributed by atoms with Gasteiger partial charge in [-0.05, 0) is 13.0 Å². The SMILES string of the molecule is CCCCCCCCCCCCCCNCC=O.Cl. The molecule has 0 atom stereocenters. The van der Waals surface area contributed by atoms with E-state index in [1.807, 2.05) is 0 Å². The minimum absolute atomic E-state index is 0. The summed E-state index contributed by atoms with van der Waals surface area (Å²) in [6.45, 7) is 3.78. The highest BCUT2D eigenvalue weighted by Crippen LogP contribution is 2.11. The third kappa shape index (κ3) is 20.4. The van der Waals surface area contributed by atoms with Crippen LogP contribution in [0, 0.1) is 0 Å². The summed E-state index contributed by atoms with van der Waals surface area (Å²) in [5.41, 5.74) is 0. The van der Waals surface area contributed by atoms with Crippen LogP contribution in [-0.4, -0.2) is 19.4 Å². The largest absolute Gasteiger partial charge is 0.310 e. The van der Waals surface area contributed by atoms with Crippen molar-refractivity contribution in [2.24, 2.45) is 0 Å². The van der Waals surface area contributed by atoms with Gasteiger partial charge in [0, 0.05) is 0 Å². The van der Waals surface area contributed by atoms with Crippen molar-refractivity contribution in [2.75, 3.05) is 13.1 Å². The van der Waals surface area contributed by atoms with Crippen LogP contribution >= 0.6 is 12.4 Å². The molecular formula is C16H34ClNO. The van der Waals surface area contributed by atoms with E-state index in [2.05, 4.69) is 12.2 Å². The predicted molar refractivity (Wildman–Crippen MR) is 87.3 cm³/mol. The van der Waals surface area contributed by atoms with E-state index in [4.69, 9.17) is 0 Å². The normalized spacial score (nSPS) is 10.2. The second kappa shape index (κ2) is 20.2. The van der Waals surface area contributed by atoms with Gasteiger partial charge in [-0.15, -0.1) is 12.4 Å². The fourth-order valence-electron chi connectivity index (χ4n) is 2.25. The second-order valence-corrected chi connectivity index (χ2v) is 5.26. The number of aldehydes is 1. The lowest BCUT2D eigenvalue weighted by molar-refractivity contribution is -0.107. The number of unbranched alkanes of at least 4 members (excludes halogenated alkanes) is 11. The molecule has 0 fully saturated rings. The molecule has 0 spiro atoms. The molecule has 116 valence electrons. The molecule has 19 heavy (non-hydrogen) atoms. The maximum absolute atomic E-state index is 10.1. The first kappa shape index (κ1) is 21.2. The molecule has 0 aromatic heterocycles. The predicted octanol–water partition coefficient (Wildman–Crippen LogP) is 4.90. The van der Waals surface area contributed by atoms with Crippen molar-refractivity contribution in [3.8, 4) is 0 Å². The molecule has 0 aromatic carbocycles. The van der Waals surface area contributed by atoms with E-state index in [1.165, 1.54) is 77.0 Å². The van der Waals surface area contributed by atoms with Crippen LogP contribution in [0.2, 0.25) is 0 Å². The van der Waals surface area contributed by atoms with Crippen LogP contribution in [0.3, 0.4) is 0 Å². The highest BCUT2D eigenvalue weighted by atomic mass is 35.5. The molecule has 0 aliphatic heterocycles. The zero-order valence-corrected chi connectivity index (χ0v) is 13.6. The molecule has 2 nitrogen and oxygen atoms in total. The van der Waals surface area contributed by atoms with E-state index in [1.54, 1.807) is 0 Å². The van der Waals surface area contributed by atoms with Crippen molar-refractivity contribution in [1.29, 1.82) is 0 Å². The molecule has 0 heterocycles. The third-order valence-corrected chi connectivity index (χ3v) is 3.43. The van der Waals surface area contributed by atoms with Crippen molar-refractivity contribution in [1.82, 2.24) is 5.32 Å². The summed E-state index contributed by atoms with van der Waals surface area (Å²) < 4.78 is 0. The van der Waals surface area contributed by atoms with E-state index >= 15 is 0 Å². The van der Waals surface area contributed by atoms with Crippen molar-refractivity contribution in [3.05, 3.63) is 0 Å². The number of halogens is 1. The topological polar surface area (TPSA) is 29.1 Å². The zero-order valence-electron chi connectivity index (χ0n) is 12.8. The first-order valence-corrected chi connectivity index (χ1v) is 8.06. The average molecular weight is 292 g/mol. The van der Waals surface area contributed by atoms with Gasteiger partial charge in [0.15, 0.2) is 0 Å². The lowest BCUT2D eigenvalue weighted by atomic mass is 10.1. The molecule has 0 aromatic rings. The van der Waals surface area contributed by atoms with E-state index in [0.717, 1.165) is 12.8 Å². The minimum atomic E-state index is 0.